The summed E-state index contributed by atoms with van der Waals surface area (Å²) in [5.74, 6) is -1.63. The molecule has 25 heteroatoms. The van der Waals surface area contributed by atoms with E-state index >= 15 is 0 Å². The molecular weight excluding hydrogens is 1370 g/mol. The quantitative estimate of drug-likeness (QED) is 0.0161. The average molecular weight is 1480 g/mol. The summed E-state index contributed by atoms with van der Waals surface area (Å²) in [5, 5.41) is 9.78. The van der Waals surface area contributed by atoms with Crippen LogP contribution in [-0.4, -0.2) is 169 Å². The number of methoxy groups -OCH3 is 4. The highest BCUT2D eigenvalue weighted by molar-refractivity contribution is 9.10. The first-order valence-electron chi connectivity index (χ1n) is 33.4. The number of nitrogens with zero attached hydrogens (tertiary/aromatic N) is 2. The highest BCUT2D eigenvalue weighted by Gasteiger charge is 2.43. The number of alkyl halides is 1. The minimum absolute atomic E-state index is 0.0284. The van der Waals surface area contributed by atoms with Gasteiger partial charge in [-0.1, -0.05) is 57.5 Å². The zero-order valence-electron chi connectivity index (χ0n) is 61.7. The molecule has 0 bridgehead atoms. The molecule has 548 valence electrons. The first-order chi connectivity index (χ1) is 46.0. The van der Waals surface area contributed by atoms with E-state index in [1.165, 1.54) is 19.2 Å². The second kappa shape index (κ2) is 37.4. The van der Waals surface area contributed by atoms with Gasteiger partial charge in [0.2, 0.25) is 5.78 Å². The molecule has 2 saturated heterocycles. The third-order valence-corrected chi connectivity index (χ3v) is 27.8. The molecule has 4 aromatic rings. The molecule has 2 amide bonds. The third-order valence-electron chi connectivity index (χ3n) is 17.9. The topological polar surface area (TPSA) is 265 Å². The van der Waals surface area contributed by atoms with E-state index in [1.807, 2.05) is 41.5 Å². The van der Waals surface area contributed by atoms with E-state index in [4.69, 9.17) is 46.7 Å². The molecule has 0 saturated carbocycles. The van der Waals surface area contributed by atoms with Crippen LogP contribution >= 0.6 is 15.9 Å². The number of halogens is 1. The average Bonchev–Trinajstić information content (AvgIpc) is 0.833. The van der Waals surface area contributed by atoms with E-state index in [9.17, 15) is 43.5 Å². The Morgan fingerprint density at radius 2 is 0.778 bits per heavy atom. The number of hydrogen-bond acceptors (Lipinski definition) is 19. The van der Waals surface area contributed by atoms with Gasteiger partial charge in [0.25, 0.3) is 6.10 Å². The number of hydrogen-bond donors (Lipinski definition) is 1. The summed E-state index contributed by atoms with van der Waals surface area (Å²) in [4.78, 5) is 103. The molecule has 4 atom stereocenters. The minimum atomic E-state index is -2.12. The summed E-state index contributed by atoms with van der Waals surface area (Å²) in [6.45, 7) is 35.3. The number of ketones is 2. The van der Waals surface area contributed by atoms with Gasteiger partial charge in [0.15, 0.2) is 27.2 Å². The fourth-order valence-corrected chi connectivity index (χ4v) is 12.6. The Balaban J connectivity index is 0.000000349. The van der Waals surface area contributed by atoms with Crippen LogP contribution in [0.4, 0.5) is 9.59 Å². The molecule has 99 heavy (non-hydrogen) atoms. The van der Waals surface area contributed by atoms with Crippen molar-refractivity contribution < 1.29 is 94.9 Å². The molecule has 4 unspecified atom stereocenters. The number of carboxylic acids is 1. The van der Waals surface area contributed by atoms with Gasteiger partial charge in [0, 0.05) is 50.5 Å². The van der Waals surface area contributed by atoms with Gasteiger partial charge in [-0.15, -0.1) is 0 Å². The standard InChI is InChI=1S/C37H53NO10Si.C20H39NO5Si.C17H15BrO5/c1-36(2,3)48-35(42)38-22-19-25(20-23-38)30(21-24-45-49(9,10)37(4,5)6)33(40)47-32(34(41)44-8)31(39)26-11-13-28(14-12-26)46-29-17-15-27(43-7)16-18-29;1-19(2,3)26-18(24)21-12-9-15(10-13-21)16(17(22)23)11-14-25-27(7,8)20(4,5)6;1-21-12-7-9-14(10-8-12)23-13-5-3-11(4-6-13)16(19)15(18)17(20)22-2/h11-18,25,30,32H,19-24H2,1-10H3;15-16H,9-14H2,1-8H3,(H,22,23);3-10,15H,1-2H3. The van der Waals surface area contributed by atoms with Gasteiger partial charge in [-0.3, -0.25) is 24.0 Å². The zero-order valence-corrected chi connectivity index (χ0v) is 65.2. The Bertz CT molecular complexity index is 3270. The second-order valence-electron chi connectivity index (χ2n) is 29.5. The molecule has 22 nitrogen and oxygen atoms in total. The number of piperidine rings is 2. The normalized spacial score (nSPS) is 15.3. The number of carboxylic acid groups (broad SMARTS) is 1. The lowest BCUT2D eigenvalue weighted by atomic mass is 9.82. The molecule has 2 aliphatic rings. The van der Waals surface area contributed by atoms with Crippen molar-refractivity contribution in [2.45, 2.75) is 180 Å². The van der Waals surface area contributed by atoms with Crippen LogP contribution in [0.15, 0.2) is 97.1 Å². The molecule has 0 spiro atoms. The fourth-order valence-electron chi connectivity index (χ4n) is 10.0. The van der Waals surface area contributed by atoms with E-state index in [2.05, 4.69) is 88.4 Å². The van der Waals surface area contributed by atoms with Crippen LogP contribution in [0.2, 0.25) is 36.3 Å². The van der Waals surface area contributed by atoms with Crippen LogP contribution in [-0.2, 0) is 51.7 Å². The van der Waals surface area contributed by atoms with Gasteiger partial charge in [-0.2, -0.15) is 0 Å². The van der Waals surface area contributed by atoms with E-state index in [-0.39, 0.29) is 39.4 Å². The van der Waals surface area contributed by atoms with Gasteiger partial charge < -0.3 is 66.4 Å². The highest BCUT2D eigenvalue weighted by Crippen LogP contribution is 2.40. The Morgan fingerprint density at radius 3 is 1.09 bits per heavy atom. The van der Waals surface area contributed by atoms with Crippen molar-refractivity contribution in [3.8, 4) is 34.5 Å². The Labute approximate surface area is 596 Å². The van der Waals surface area contributed by atoms with Gasteiger partial charge in [-0.25, -0.2) is 14.4 Å². The van der Waals surface area contributed by atoms with Gasteiger partial charge >= 0.3 is 36.1 Å². The van der Waals surface area contributed by atoms with E-state index in [0.717, 1.165) is 12.9 Å². The largest absolute Gasteiger partial charge is 0.497 e. The van der Waals surface area contributed by atoms with Crippen LogP contribution < -0.4 is 18.9 Å². The van der Waals surface area contributed by atoms with E-state index in [1.54, 1.807) is 109 Å². The fraction of sp³-hybridized carbons (Fsp3) is 0.568. The Hall–Kier alpha value is -7.33. The lowest BCUT2D eigenvalue weighted by Crippen LogP contribution is -2.45. The summed E-state index contributed by atoms with van der Waals surface area (Å²) in [5.41, 5.74) is -0.604. The number of ether oxygens (including phenoxy) is 9. The lowest BCUT2D eigenvalue weighted by molar-refractivity contribution is -0.167. The number of amides is 2. The van der Waals surface area contributed by atoms with Crippen LogP contribution in [0, 0.1) is 23.7 Å². The predicted molar refractivity (Wildman–Crippen MR) is 386 cm³/mol. The number of benzene rings is 4. The minimum Gasteiger partial charge on any atom is -0.497 e. The number of likely N-dealkylation sites (tertiary alicyclic amines) is 2. The summed E-state index contributed by atoms with van der Waals surface area (Å²) in [6, 6.07) is 26.9. The van der Waals surface area contributed by atoms with Crippen molar-refractivity contribution in [2.75, 3.05) is 67.8 Å². The monoisotopic (exact) mass is 1480 g/mol. The molecule has 6 rings (SSSR count). The lowest BCUT2D eigenvalue weighted by Gasteiger charge is -2.38. The van der Waals surface area contributed by atoms with Crippen molar-refractivity contribution in [3.05, 3.63) is 108 Å². The molecule has 2 aliphatic heterocycles. The maximum Gasteiger partial charge on any atom is 0.410 e. The van der Waals surface area contributed by atoms with Crippen LogP contribution in [0.5, 0.6) is 34.5 Å². The molecule has 0 aliphatic carbocycles. The summed E-state index contributed by atoms with van der Waals surface area (Å²) < 4.78 is 60.4. The third kappa shape index (κ3) is 26.9. The SMILES string of the molecule is CC(C)(C)OC(=O)N1CCC(C(CCO[Si](C)(C)C(C)(C)C)C(=O)O)CC1.COC(=O)C(Br)C(=O)c1ccc(Oc2ccc(OC)cc2)cc1.COC(=O)C(OC(=O)C(CCO[Si](C)(C)C(C)(C)C)C1CCN(C(=O)OC(C)(C)C)CC1)C(=O)c1ccc(Oc2ccc(OC)cc2)cc1. The van der Waals surface area contributed by atoms with Gasteiger partial charge in [0.1, 0.15) is 45.7 Å². The van der Waals surface area contributed by atoms with Crippen molar-refractivity contribution in [1.82, 2.24) is 9.80 Å². The highest BCUT2D eigenvalue weighted by atomic mass is 79.9. The van der Waals surface area contributed by atoms with Gasteiger partial charge in [-0.05, 0) is 225 Å². The second-order valence-corrected chi connectivity index (χ2v) is 40.0. The number of Topliss-reactive ketones (excluding diaryl/α,β-unsaturated/α-hetero) is 2. The first kappa shape index (κ1) is 84.1. The number of aliphatic carboxylic acids is 1. The molecule has 1 N–H and O–H groups in total. The Morgan fingerprint density at radius 1 is 0.465 bits per heavy atom. The van der Waals surface area contributed by atoms with Crippen LogP contribution in [0.1, 0.15) is 142 Å². The molecule has 2 fully saturated rings. The predicted octanol–water partition coefficient (Wildman–Crippen LogP) is 15.8. The number of carbonyl (C=O) groups excluding carboxylic acids is 7. The molecule has 0 radical (unpaired) electrons. The molecule has 4 aromatic carbocycles. The van der Waals surface area contributed by atoms with E-state index < -0.39 is 86.4 Å². The number of esters is 3. The molecule has 0 aromatic heterocycles. The van der Waals surface area contributed by atoms with Crippen LogP contribution in [0.25, 0.3) is 0 Å². The van der Waals surface area contributed by atoms with Crippen molar-refractivity contribution in [1.29, 1.82) is 0 Å². The van der Waals surface area contributed by atoms with Crippen molar-refractivity contribution in [3.63, 3.8) is 0 Å². The van der Waals surface area contributed by atoms with Crippen molar-refractivity contribution in [2.24, 2.45) is 23.7 Å². The smallest absolute Gasteiger partial charge is 0.410 e. The summed E-state index contributed by atoms with van der Waals surface area (Å²) >= 11 is 3.02. The maximum atomic E-state index is 13.9. The van der Waals surface area contributed by atoms with Gasteiger partial charge in [0.05, 0.1) is 40.3 Å². The molecule has 2 heterocycles. The van der Waals surface area contributed by atoms with Crippen molar-refractivity contribution >= 4 is 80.2 Å². The number of carbonyl (C=O) groups is 8. The van der Waals surface area contributed by atoms with Crippen LogP contribution in [0.3, 0.4) is 0 Å². The number of rotatable bonds is 25. The maximum absolute atomic E-state index is 13.9. The summed E-state index contributed by atoms with van der Waals surface area (Å²) in [6.07, 6.45) is 0.777. The summed E-state index contributed by atoms with van der Waals surface area (Å²) in [7, 11) is 1.55. The zero-order chi connectivity index (χ0) is 74.4. The Kier molecular flexibility index (Phi) is 31.7. The first-order valence-corrected chi connectivity index (χ1v) is 40.2. The van der Waals surface area contributed by atoms with E-state index in [0.29, 0.717) is 112 Å². The molecular formula is C74H107BrN2O20Si2.